The summed E-state index contributed by atoms with van der Waals surface area (Å²) in [5.41, 5.74) is 2.72. The summed E-state index contributed by atoms with van der Waals surface area (Å²) in [5, 5.41) is 3.98. The Bertz CT molecular complexity index is 955. The first kappa shape index (κ1) is 19.3. The van der Waals surface area contributed by atoms with Crippen molar-refractivity contribution >= 4 is 5.91 Å². The van der Waals surface area contributed by atoms with Gasteiger partial charge in [-0.25, -0.2) is 0 Å². The van der Waals surface area contributed by atoms with Gasteiger partial charge >= 0.3 is 0 Å². The van der Waals surface area contributed by atoms with Crippen molar-refractivity contribution < 1.29 is 9.32 Å². The first-order valence-corrected chi connectivity index (χ1v) is 9.90. The molecule has 0 saturated carbocycles. The topological polar surface area (TPSA) is 75.4 Å². The van der Waals surface area contributed by atoms with E-state index in [-0.39, 0.29) is 11.9 Å². The summed E-state index contributed by atoms with van der Waals surface area (Å²) in [7, 11) is 0. The van der Waals surface area contributed by atoms with Gasteiger partial charge in [0.15, 0.2) is 5.82 Å². The molecule has 1 atom stereocenters. The van der Waals surface area contributed by atoms with Crippen molar-refractivity contribution in [2.75, 3.05) is 19.6 Å². The molecular formula is C22H25N5O2. The minimum absolute atomic E-state index is 0.0136. The highest BCUT2D eigenvalue weighted by Crippen LogP contribution is 2.26. The van der Waals surface area contributed by atoms with E-state index in [9.17, 15) is 4.79 Å². The molecule has 1 aliphatic heterocycles. The first-order chi connectivity index (χ1) is 14.1. The van der Waals surface area contributed by atoms with Crippen LogP contribution in [0.4, 0.5) is 0 Å². The molecule has 7 heteroatoms. The van der Waals surface area contributed by atoms with Gasteiger partial charge in [0.05, 0.1) is 5.56 Å². The number of rotatable bonds is 4. The van der Waals surface area contributed by atoms with Crippen molar-refractivity contribution in [3.8, 4) is 0 Å². The molecule has 1 aromatic carbocycles. The Morgan fingerprint density at radius 1 is 1.14 bits per heavy atom. The van der Waals surface area contributed by atoms with Crippen LogP contribution in [0.15, 0.2) is 53.2 Å². The second-order valence-corrected chi connectivity index (χ2v) is 7.44. The van der Waals surface area contributed by atoms with E-state index in [2.05, 4.69) is 32.2 Å². The lowest BCUT2D eigenvalue weighted by atomic mass is 10.1. The zero-order chi connectivity index (χ0) is 20.2. The molecule has 1 saturated heterocycles. The maximum Gasteiger partial charge on any atom is 0.255 e. The molecule has 7 nitrogen and oxygen atoms in total. The number of benzene rings is 1. The van der Waals surface area contributed by atoms with Gasteiger partial charge in [0.25, 0.3) is 5.91 Å². The minimum atomic E-state index is -0.152. The molecule has 0 bridgehead atoms. The summed E-state index contributed by atoms with van der Waals surface area (Å²) in [6.07, 6.45) is 2.53. The highest BCUT2D eigenvalue weighted by atomic mass is 16.5. The van der Waals surface area contributed by atoms with E-state index >= 15 is 0 Å². The van der Waals surface area contributed by atoms with E-state index in [1.54, 1.807) is 6.20 Å². The van der Waals surface area contributed by atoms with Gasteiger partial charge in [-0.1, -0.05) is 35.5 Å². The molecule has 150 valence electrons. The van der Waals surface area contributed by atoms with Crippen LogP contribution < -0.4 is 0 Å². The largest absolute Gasteiger partial charge is 0.338 e. The Balaban J connectivity index is 1.60. The molecule has 3 heterocycles. The summed E-state index contributed by atoms with van der Waals surface area (Å²) >= 11 is 0. The Morgan fingerprint density at radius 3 is 2.66 bits per heavy atom. The smallest absolute Gasteiger partial charge is 0.255 e. The third-order valence-corrected chi connectivity index (χ3v) is 5.21. The number of hydrogen-bond donors (Lipinski definition) is 0. The van der Waals surface area contributed by atoms with Crippen molar-refractivity contribution in [3.63, 3.8) is 0 Å². The van der Waals surface area contributed by atoms with E-state index < -0.39 is 0 Å². The van der Waals surface area contributed by atoms with Gasteiger partial charge in [0.1, 0.15) is 6.04 Å². The van der Waals surface area contributed by atoms with Crippen molar-refractivity contribution in [1.29, 1.82) is 0 Å². The molecule has 0 spiro atoms. The Kier molecular flexibility index (Phi) is 5.67. The fourth-order valence-corrected chi connectivity index (χ4v) is 3.69. The summed E-state index contributed by atoms with van der Waals surface area (Å²) in [6, 6.07) is 13.9. The van der Waals surface area contributed by atoms with Crippen molar-refractivity contribution in [1.82, 2.24) is 24.9 Å². The summed E-state index contributed by atoms with van der Waals surface area (Å²) < 4.78 is 5.52. The third kappa shape index (κ3) is 4.51. The van der Waals surface area contributed by atoms with Crippen molar-refractivity contribution in [3.05, 3.63) is 77.2 Å². The standard InChI is InChI=1S/C22H25N5O2/c1-16-9-10-19(13-23-16)22(28)27-12-6-11-26(14-18-7-4-3-5-8-18)20(15-27)21-24-17(2)25-29-21/h3-5,7-10,13,20H,6,11-12,14-15H2,1-2H3. The lowest BCUT2D eigenvalue weighted by molar-refractivity contribution is 0.0710. The number of nitrogens with zero attached hydrogens (tertiary/aromatic N) is 5. The fourth-order valence-electron chi connectivity index (χ4n) is 3.69. The number of carbonyl (C=O) groups excluding carboxylic acids is 1. The Labute approximate surface area is 170 Å². The number of carbonyl (C=O) groups is 1. The van der Waals surface area contributed by atoms with Gasteiger partial charge in [-0.15, -0.1) is 0 Å². The molecule has 2 aromatic heterocycles. The van der Waals surface area contributed by atoms with Crippen LogP contribution in [0.3, 0.4) is 0 Å². The highest BCUT2D eigenvalue weighted by Gasteiger charge is 2.32. The van der Waals surface area contributed by atoms with Gasteiger partial charge in [0.2, 0.25) is 5.89 Å². The number of aromatic nitrogens is 3. The first-order valence-electron chi connectivity index (χ1n) is 9.90. The van der Waals surface area contributed by atoms with E-state index in [1.807, 2.05) is 49.1 Å². The highest BCUT2D eigenvalue weighted by molar-refractivity contribution is 5.94. The Hall–Kier alpha value is -3.06. The molecule has 1 unspecified atom stereocenters. The third-order valence-electron chi connectivity index (χ3n) is 5.21. The quantitative estimate of drug-likeness (QED) is 0.680. The average molecular weight is 391 g/mol. The molecule has 0 aliphatic carbocycles. The van der Waals surface area contributed by atoms with Crippen molar-refractivity contribution in [2.24, 2.45) is 0 Å². The minimum Gasteiger partial charge on any atom is -0.338 e. The van der Waals surface area contributed by atoms with Crippen LogP contribution in [0.2, 0.25) is 0 Å². The SMILES string of the molecule is Cc1ccc(C(=O)N2CCCN(Cc3ccccc3)C(c3nc(C)no3)C2)cn1. The predicted octanol–water partition coefficient (Wildman–Crippen LogP) is 3.17. The van der Waals surface area contributed by atoms with Gasteiger partial charge in [-0.2, -0.15) is 4.98 Å². The number of amides is 1. The molecule has 0 radical (unpaired) electrons. The normalized spacial score (nSPS) is 17.9. The van der Waals surface area contributed by atoms with E-state index in [0.717, 1.165) is 25.2 Å². The molecule has 29 heavy (non-hydrogen) atoms. The predicted molar refractivity (Wildman–Crippen MR) is 108 cm³/mol. The molecule has 1 aliphatic rings. The number of aryl methyl sites for hydroxylation is 2. The van der Waals surface area contributed by atoms with Crippen LogP contribution in [0.25, 0.3) is 0 Å². The zero-order valence-electron chi connectivity index (χ0n) is 16.8. The monoisotopic (exact) mass is 391 g/mol. The van der Waals surface area contributed by atoms with E-state index in [0.29, 0.717) is 30.4 Å². The van der Waals surface area contributed by atoms with Crippen LogP contribution >= 0.6 is 0 Å². The molecular weight excluding hydrogens is 366 g/mol. The van der Waals surface area contributed by atoms with Gasteiger partial charge in [-0.3, -0.25) is 14.7 Å². The van der Waals surface area contributed by atoms with Gasteiger partial charge in [-0.05, 0) is 38.0 Å². The van der Waals surface area contributed by atoms with Crippen LogP contribution in [0.1, 0.15) is 45.8 Å². The van der Waals surface area contributed by atoms with Crippen LogP contribution in [0.5, 0.6) is 0 Å². The maximum atomic E-state index is 13.1. The van der Waals surface area contributed by atoms with E-state index in [4.69, 9.17) is 4.52 Å². The molecule has 3 aromatic rings. The summed E-state index contributed by atoms with van der Waals surface area (Å²) in [5.74, 6) is 1.14. The second kappa shape index (κ2) is 8.53. The molecule has 1 amide bonds. The van der Waals surface area contributed by atoms with Gasteiger partial charge in [0, 0.05) is 38.1 Å². The van der Waals surface area contributed by atoms with E-state index in [1.165, 1.54) is 5.56 Å². The lowest BCUT2D eigenvalue weighted by Crippen LogP contribution is -2.37. The number of hydrogen-bond acceptors (Lipinski definition) is 6. The summed E-state index contributed by atoms with van der Waals surface area (Å²) in [6.45, 7) is 6.52. The average Bonchev–Trinajstić information content (AvgIpc) is 3.05. The van der Waals surface area contributed by atoms with Crippen LogP contribution in [0, 0.1) is 13.8 Å². The van der Waals surface area contributed by atoms with Crippen LogP contribution in [-0.2, 0) is 6.54 Å². The second-order valence-electron chi connectivity index (χ2n) is 7.44. The van der Waals surface area contributed by atoms with Gasteiger partial charge < -0.3 is 9.42 Å². The lowest BCUT2D eigenvalue weighted by Gasteiger charge is -2.29. The maximum absolute atomic E-state index is 13.1. The number of pyridine rings is 1. The fraction of sp³-hybridized carbons (Fsp3) is 0.364. The molecule has 0 N–H and O–H groups in total. The van der Waals surface area contributed by atoms with Crippen LogP contribution in [-0.4, -0.2) is 50.5 Å². The zero-order valence-corrected chi connectivity index (χ0v) is 16.8. The molecule has 4 rings (SSSR count). The summed E-state index contributed by atoms with van der Waals surface area (Å²) in [4.78, 5) is 26.1. The Morgan fingerprint density at radius 2 is 1.97 bits per heavy atom. The molecule has 1 fully saturated rings. The van der Waals surface area contributed by atoms with Crippen molar-refractivity contribution in [2.45, 2.75) is 32.9 Å².